The van der Waals surface area contributed by atoms with Crippen LogP contribution >= 0.6 is 20.0 Å². The number of rotatable bonds is 3. The van der Waals surface area contributed by atoms with Crippen LogP contribution in [0, 0.1) is 5.92 Å². The van der Waals surface area contributed by atoms with Crippen molar-refractivity contribution in [3.63, 3.8) is 0 Å². The monoisotopic (exact) mass is 229 g/mol. The summed E-state index contributed by atoms with van der Waals surface area (Å²) in [6, 6.07) is 0. The summed E-state index contributed by atoms with van der Waals surface area (Å²) >= 11 is 0. The number of piperidine rings is 1. The van der Waals surface area contributed by atoms with E-state index in [-0.39, 0.29) is 18.6 Å². The van der Waals surface area contributed by atoms with E-state index in [0.717, 1.165) is 25.9 Å². The molecule has 0 radical (unpaired) electrons. The zero-order chi connectivity index (χ0) is 9.03. The van der Waals surface area contributed by atoms with E-state index in [0.29, 0.717) is 12.3 Å². The zero-order valence-electron chi connectivity index (χ0n) is 7.48. The highest BCUT2D eigenvalue weighted by molar-refractivity contribution is 7.51. The largest absolute Gasteiger partial charge is 0.325 e. The molecule has 0 spiro atoms. The summed E-state index contributed by atoms with van der Waals surface area (Å²) < 4.78 is 10.6. The SMILES string of the molecule is Cl.O=P(O)(O)CCC1CCNCC1. The van der Waals surface area contributed by atoms with Gasteiger partial charge in [0.2, 0.25) is 0 Å². The smallest absolute Gasteiger partial charge is 0.324 e. The lowest BCUT2D eigenvalue weighted by Gasteiger charge is -2.22. The molecule has 13 heavy (non-hydrogen) atoms. The van der Waals surface area contributed by atoms with Gasteiger partial charge in [0.1, 0.15) is 0 Å². The van der Waals surface area contributed by atoms with Crippen molar-refractivity contribution in [3.05, 3.63) is 0 Å². The van der Waals surface area contributed by atoms with Crippen LogP contribution in [0.5, 0.6) is 0 Å². The number of nitrogens with one attached hydrogen (secondary N) is 1. The summed E-state index contributed by atoms with van der Waals surface area (Å²) in [5.41, 5.74) is 0. The van der Waals surface area contributed by atoms with Gasteiger partial charge in [-0.1, -0.05) is 0 Å². The van der Waals surface area contributed by atoms with Crippen molar-refractivity contribution < 1.29 is 14.4 Å². The van der Waals surface area contributed by atoms with Gasteiger partial charge in [-0.15, -0.1) is 12.4 Å². The second kappa shape index (κ2) is 5.99. The second-order valence-electron chi connectivity index (χ2n) is 3.37. The molecule has 1 saturated heterocycles. The van der Waals surface area contributed by atoms with Gasteiger partial charge in [-0.05, 0) is 38.3 Å². The zero-order valence-corrected chi connectivity index (χ0v) is 9.19. The van der Waals surface area contributed by atoms with Gasteiger partial charge in [-0.3, -0.25) is 4.57 Å². The summed E-state index contributed by atoms with van der Waals surface area (Å²) in [5, 5.41) is 3.22. The maximum atomic E-state index is 10.6. The molecule has 0 amide bonds. The van der Waals surface area contributed by atoms with Gasteiger partial charge in [0.05, 0.1) is 6.16 Å². The van der Waals surface area contributed by atoms with Gasteiger partial charge in [0.25, 0.3) is 0 Å². The molecule has 4 nitrogen and oxygen atoms in total. The van der Waals surface area contributed by atoms with Crippen LogP contribution in [0.4, 0.5) is 0 Å². The van der Waals surface area contributed by atoms with Gasteiger partial charge < -0.3 is 15.1 Å². The Kier molecular flexibility index (Phi) is 6.18. The first kappa shape index (κ1) is 13.4. The summed E-state index contributed by atoms with van der Waals surface area (Å²) in [6.07, 6.45) is 2.84. The molecule has 1 aliphatic heterocycles. The van der Waals surface area contributed by atoms with Gasteiger partial charge in [0.15, 0.2) is 0 Å². The number of hydrogen-bond acceptors (Lipinski definition) is 2. The summed E-state index contributed by atoms with van der Waals surface area (Å²) in [5.74, 6) is 0.513. The predicted molar refractivity (Wildman–Crippen MR) is 54.4 cm³/mol. The molecule has 0 aromatic heterocycles. The Morgan fingerprint density at radius 1 is 1.31 bits per heavy atom. The second-order valence-corrected chi connectivity index (χ2v) is 5.15. The van der Waals surface area contributed by atoms with E-state index in [1.165, 1.54) is 0 Å². The fraction of sp³-hybridized carbons (Fsp3) is 1.00. The fourth-order valence-corrected chi connectivity index (χ4v) is 2.22. The van der Waals surface area contributed by atoms with Crippen molar-refractivity contribution in [2.75, 3.05) is 19.3 Å². The van der Waals surface area contributed by atoms with E-state index < -0.39 is 7.60 Å². The lowest BCUT2D eigenvalue weighted by Crippen LogP contribution is -2.28. The molecule has 0 bridgehead atoms. The van der Waals surface area contributed by atoms with E-state index >= 15 is 0 Å². The Labute approximate surface area is 84.7 Å². The molecule has 0 aromatic rings. The quantitative estimate of drug-likeness (QED) is 0.631. The molecule has 0 atom stereocenters. The van der Waals surface area contributed by atoms with Crippen molar-refractivity contribution in [3.8, 4) is 0 Å². The topological polar surface area (TPSA) is 69.6 Å². The van der Waals surface area contributed by atoms with Crippen LogP contribution in [-0.2, 0) is 4.57 Å². The highest BCUT2D eigenvalue weighted by Crippen LogP contribution is 2.37. The van der Waals surface area contributed by atoms with Crippen LogP contribution in [0.25, 0.3) is 0 Å². The third kappa shape index (κ3) is 6.47. The number of hydrogen-bond donors (Lipinski definition) is 3. The lowest BCUT2D eigenvalue weighted by molar-refractivity contribution is 0.339. The molecule has 80 valence electrons. The minimum Gasteiger partial charge on any atom is -0.324 e. The van der Waals surface area contributed by atoms with Crippen LogP contribution in [0.1, 0.15) is 19.3 Å². The van der Waals surface area contributed by atoms with Crippen molar-refractivity contribution in [1.29, 1.82) is 0 Å². The molecule has 1 rings (SSSR count). The average molecular weight is 230 g/mol. The van der Waals surface area contributed by atoms with E-state index in [9.17, 15) is 4.57 Å². The van der Waals surface area contributed by atoms with Crippen molar-refractivity contribution in [1.82, 2.24) is 5.32 Å². The van der Waals surface area contributed by atoms with Crippen LogP contribution in [-0.4, -0.2) is 29.0 Å². The molecular weight excluding hydrogens is 213 g/mol. The van der Waals surface area contributed by atoms with Crippen LogP contribution in [0.3, 0.4) is 0 Å². The molecule has 0 aromatic carbocycles. The van der Waals surface area contributed by atoms with Crippen molar-refractivity contribution in [2.24, 2.45) is 5.92 Å². The first-order valence-electron chi connectivity index (χ1n) is 4.33. The molecule has 1 heterocycles. The Morgan fingerprint density at radius 2 is 1.85 bits per heavy atom. The van der Waals surface area contributed by atoms with Gasteiger partial charge >= 0.3 is 7.60 Å². The van der Waals surface area contributed by atoms with Crippen LogP contribution in [0.2, 0.25) is 0 Å². The fourth-order valence-electron chi connectivity index (χ4n) is 1.52. The third-order valence-corrected chi connectivity index (χ3v) is 3.13. The molecular formula is C7H17ClNO3P. The van der Waals surface area contributed by atoms with Gasteiger partial charge in [-0.2, -0.15) is 0 Å². The normalized spacial score (nSPS) is 19.5. The molecule has 0 saturated carbocycles. The van der Waals surface area contributed by atoms with E-state index in [1.54, 1.807) is 0 Å². The Balaban J connectivity index is 0.00000144. The van der Waals surface area contributed by atoms with Crippen LogP contribution < -0.4 is 5.32 Å². The van der Waals surface area contributed by atoms with Gasteiger partial charge in [-0.25, -0.2) is 0 Å². The minimum absolute atomic E-state index is 0. The molecule has 0 aliphatic carbocycles. The third-order valence-electron chi connectivity index (χ3n) is 2.29. The molecule has 6 heteroatoms. The van der Waals surface area contributed by atoms with Crippen molar-refractivity contribution in [2.45, 2.75) is 19.3 Å². The maximum absolute atomic E-state index is 10.6. The molecule has 0 unspecified atom stereocenters. The molecule has 1 fully saturated rings. The van der Waals surface area contributed by atoms with E-state index in [4.69, 9.17) is 9.79 Å². The highest BCUT2D eigenvalue weighted by atomic mass is 35.5. The maximum Gasteiger partial charge on any atom is 0.325 e. The number of halogens is 1. The first-order chi connectivity index (χ1) is 5.58. The Hall–Kier alpha value is 0.400. The lowest BCUT2D eigenvalue weighted by atomic mass is 9.96. The summed E-state index contributed by atoms with van der Waals surface area (Å²) in [7, 11) is -3.75. The van der Waals surface area contributed by atoms with E-state index in [1.807, 2.05) is 0 Å². The highest BCUT2D eigenvalue weighted by Gasteiger charge is 2.18. The standard InChI is InChI=1S/C7H16NO3P.ClH/c9-12(10,11)6-3-7-1-4-8-5-2-7;/h7-8H,1-6H2,(H2,9,10,11);1H. The minimum atomic E-state index is -3.75. The average Bonchev–Trinajstić information content (AvgIpc) is 2.02. The summed E-state index contributed by atoms with van der Waals surface area (Å²) in [4.78, 5) is 17.3. The molecule has 3 N–H and O–H groups in total. The first-order valence-corrected chi connectivity index (χ1v) is 6.13. The van der Waals surface area contributed by atoms with Crippen LogP contribution in [0.15, 0.2) is 0 Å². The summed E-state index contributed by atoms with van der Waals surface area (Å²) in [6.45, 7) is 1.98. The van der Waals surface area contributed by atoms with Crippen molar-refractivity contribution >= 4 is 20.0 Å². The molecule has 1 aliphatic rings. The Morgan fingerprint density at radius 3 is 2.31 bits per heavy atom. The Bertz CT molecular complexity index is 179. The predicted octanol–water partition coefficient (Wildman–Crippen LogP) is 0.976. The van der Waals surface area contributed by atoms with E-state index in [2.05, 4.69) is 5.32 Å². The van der Waals surface area contributed by atoms with Gasteiger partial charge in [0, 0.05) is 0 Å².